The first-order chi connectivity index (χ1) is 12.0. The number of carbonyl (C=O) groups excluding carboxylic acids is 1. The molecule has 0 bridgehead atoms. The molecular weight excluding hydrogens is 320 g/mol. The van der Waals surface area contributed by atoms with Crippen molar-refractivity contribution >= 4 is 11.9 Å². The third-order valence-electron chi connectivity index (χ3n) is 4.66. The molecule has 0 aliphatic carbocycles. The molecule has 1 N–H and O–H groups in total. The quantitative estimate of drug-likeness (QED) is 0.900. The van der Waals surface area contributed by atoms with Crippen LogP contribution in [-0.2, 0) is 4.79 Å². The smallest absolute Gasteiger partial charge is 0.303 e. The van der Waals surface area contributed by atoms with Crippen molar-refractivity contribution in [3.63, 3.8) is 0 Å². The first-order valence-electron chi connectivity index (χ1n) is 8.57. The second-order valence-corrected chi connectivity index (χ2v) is 6.50. The van der Waals surface area contributed by atoms with E-state index in [4.69, 9.17) is 9.52 Å². The monoisotopic (exact) mass is 342 g/mol. The summed E-state index contributed by atoms with van der Waals surface area (Å²) in [4.78, 5) is 29.9. The molecule has 3 heterocycles. The first-order valence-corrected chi connectivity index (χ1v) is 8.57. The molecule has 6 nitrogen and oxygen atoms in total. The summed E-state index contributed by atoms with van der Waals surface area (Å²) in [5.41, 5.74) is 1.97. The van der Waals surface area contributed by atoms with E-state index in [0.717, 1.165) is 12.8 Å². The Morgan fingerprint density at radius 3 is 2.88 bits per heavy atom. The summed E-state index contributed by atoms with van der Waals surface area (Å²) in [5.74, 6) is 0.117. The molecule has 25 heavy (non-hydrogen) atoms. The Morgan fingerprint density at radius 1 is 1.36 bits per heavy atom. The maximum Gasteiger partial charge on any atom is 0.303 e. The Balaban J connectivity index is 1.71. The van der Waals surface area contributed by atoms with Gasteiger partial charge in [0.05, 0.1) is 17.5 Å². The Morgan fingerprint density at radius 2 is 2.20 bits per heavy atom. The Kier molecular flexibility index (Phi) is 5.16. The van der Waals surface area contributed by atoms with Crippen LogP contribution in [0, 0.1) is 12.8 Å². The second-order valence-electron chi connectivity index (χ2n) is 6.50. The van der Waals surface area contributed by atoms with Crippen LogP contribution in [0.2, 0.25) is 0 Å². The molecule has 1 atom stereocenters. The normalized spacial score (nSPS) is 17.5. The zero-order valence-corrected chi connectivity index (χ0v) is 14.3. The fraction of sp³-hybridized carbons (Fsp3) is 0.421. The summed E-state index contributed by atoms with van der Waals surface area (Å²) in [6.07, 6.45) is 4.26. The lowest BCUT2D eigenvalue weighted by Gasteiger charge is -2.33. The molecule has 1 fully saturated rings. The number of pyridine rings is 1. The molecule has 6 heteroatoms. The summed E-state index contributed by atoms with van der Waals surface area (Å²) in [7, 11) is 0. The van der Waals surface area contributed by atoms with Gasteiger partial charge in [0.25, 0.3) is 5.91 Å². The van der Waals surface area contributed by atoms with E-state index in [0.29, 0.717) is 42.2 Å². The molecule has 0 spiro atoms. The highest BCUT2D eigenvalue weighted by Crippen LogP contribution is 2.24. The van der Waals surface area contributed by atoms with Crippen molar-refractivity contribution in [2.45, 2.75) is 32.6 Å². The molecule has 2 aromatic heterocycles. The minimum Gasteiger partial charge on any atom is -0.481 e. The van der Waals surface area contributed by atoms with E-state index >= 15 is 0 Å². The zero-order chi connectivity index (χ0) is 17.8. The summed E-state index contributed by atoms with van der Waals surface area (Å²) < 4.78 is 5.35. The van der Waals surface area contributed by atoms with Gasteiger partial charge in [-0.15, -0.1) is 0 Å². The van der Waals surface area contributed by atoms with Gasteiger partial charge in [0, 0.05) is 19.5 Å². The molecule has 0 aromatic carbocycles. The topological polar surface area (TPSA) is 83.6 Å². The van der Waals surface area contributed by atoms with Crippen molar-refractivity contribution in [2.24, 2.45) is 5.92 Å². The van der Waals surface area contributed by atoms with Gasteiger partial charge in [-0.25, -0.2) is 4.98 Å². The second kappa shape index (κ2) is 7.51. The van der Waals surface area contributed by atoms with Crippen molar-refractivity contribution in [2.75, 3.05) is 13.1 Å². The lowest BCUT2D eigenvalue weighted by Crippen LogP contribution is -2.40. The van der Waals surface area contributed by atoms with Crippen LogP contribution in [0.3, 0.4) is 0 Å². The lowest BCUT2D eigenvalue weighted by molar-refractivity contribution is -0.137. The van der Waals surface area contributed by atoms with E-state index in [2.05, 4.69) is 4.98 Å². The molecule has 1 saturated heterocycles. The third-order valence-corrected chi connectivity index (χ3v) is 4.66. The summed E-state index contributed by atoms with van der Waals surface area (Å²) in [6, 6.07) is 7.23. The van der Waals surface area contributed by atoms with Gasteiger partial charge < -0.3 is 14.4 Å². The van der Waals surface area contributed by atoms with Crippen molar-refractivity contribution in [1.82, 2.24) is 9.88 Å². The van der Waals surface area contributed by atoms with Crippen molar-refractivity contribution in [1.29, 1.82) is 0 Å². The average molecular weight is 342 g/mol. The van der Waals surface area contributed by atoms with Gasteiger partial charge in [0.1, 0.15) is 5.69 Å². The number of likely N-dealkylation sites (tertiary alicyclic amines) is 1. The SMILES string of the molecule is Cc1nc(-c2ccco2)ccc1C(=O)N1CCCC(CCC(=O)O)C1. The van der Waals surface area contributed by atoms with Gasteiger partial charge in [0.15, 0.2) is 5.76 Å². The van der Waals surface area contributed by atoms with Crippen molar-refractivity contribution in [3.05, 3.63) is 41.8 Å². The number of aryl methyl sites for hydroxylation is 1. The number of nitrogens with zero attached hydrogens (tertiary/aromatic N) is 2. The number of hydrogen-bond donors (Lipinski definition) is 1. The van der Waals surface area contributed by atoms with Gasteiger partial charge in [-0.1, -0.05) is 0 Å². The summed E-state index contributed by atoms with van der Waals surface area (Å²) in [6.45, 7) is 3.15. The van der Waals surface area contributed by atoms with E-state index in [-0.39, 0.29) is 18.2 Å². The van der Waals surface area contributed by atoms with Crippen molar-refractivity contribution < 1.29 is 19.1 Å². The highest BCUT2D eigenvalue weighted by molar-refractivity contribution is 5.95. The van der Waals surface area contributed by atoms with E-state index in [1.807, 2.05) is 17.9 Å². The number of carboxylic acid groups (broad SMARTS) is 1. The molecule has 0 saturated carbocycles. The van der Waals surface area contributed by atoms with Crippen LogP contribution in [0.5, 0.6) is 0 Å². The van der Waals surface area contributed by atoms with Crippen LogP contribution in [-0.4, -0.2) is 40.0 Å². The van der Waals surface area contributed by atoms with Crippen LogP contribution in [0.4, 0.5) is 0 Å². The number of rotatable bonds is 5. The standard InChI is InChI=1S/C19H22N2O4/c1-13-15(7-8-16(20-13)17-5-3-11-25-17)19(24)21-10-2-4-14(12-21)6-9-18(22)23/h3,5,7-8,11,14H,2,4,6,9-10,12H2,1H3,(H,22,23). The van der Waals surface area contributed by atoms with Gasteiger partial charge in [-0.05, 0) is 56.4 Å². The van der Waals surface area contributed by atoms with Crippen LogP contribution in [0.1, 0.15) is 41.7 Å². The van der Waals surface area contributed by atoms with E-state index in [1.165, 1.54) is 0 Å². The Hall–Kier alpha value is -2.63. The van der Waals surface area contributed by atoms with Crippen LogP contribution in [0.15, 0.2) is 34.9 Å². The highest BCUT2D eigenvalue weighted by Gasteiger charge is 2.26. The van der Waals surface area contributed by atoms with Crippen LogP contribution in [0.25, 0.3) is 11.5 Å². The predicted octanol–water partition coefficient (Wildman–Crippen LogP) is 3.37. The lowest BCUT2D eigenvalue weighted by atomic mass is 9.93. The maximum atomic E-state index is 12.8. The Labute approximate surface area is 146 Å². The van der Waals surface area contributed by atoms with Gasteiger partial charge >= 0.3 is 5.97 Å². The number of hydrogen-bond acceptors (Lipinski definition) is 4. The molecule has 2 aromatic rings. The number of piperidine rings is 1. The zero-order valence-electron chi connectivity index (χ0n) is 14.3. The number of aromatic nitrogens is 1. The number of furan rings is 1. The molecule has 0 radical (unpaired) electrons. The molecule has 1 unspecified atom stereocenters. The van der Waals surface area contributed by atoms with Gasteiger partial charge in [-0.3, -0.25) is 9.59 Å². The number of amides is 1. The molecule has 1 aliphatic heterocycles. The number of carboxylic acids is 1. The highest BCUT2D eigenvalue weighted by atomic mass is 16.4. The van der Waals surface area contributed by atoms with E-state index in [1.54, 1.807) is 24.5 Å². The minimum atomic E-state index is -0.781. The number of aliphatic carboxylic acids is 1. The first kappa shape index (κ1) is 17.2. The summed E-state index contributed by atoms with van der Waals surface area (Å²) in [5, 5.41) is 8.84. The van der Waals surface area contributed by atoms with Crippen LogP contribution < -0.4 is 0 Å². The van der Waals surface area contributed by atoms with E-state index in [9.17, 15) is 9.59 Å². The third kappa shape index (κ3) is 4.07. The van der Waals surface area contributed by atoms with Crippen molar-refractivity contribution in [3.8, 4) is 11.5 Å². The van der Waals surface area contributed by atoms with Crippen LogP contribution >= 0.6 is 0 Å². The molecule has 132 valence electrons. The molecule has 1 amide bonds. The molecular formula is C19H22N2O4. The van der Waals surface area contributed by atoms with Gasteiger partial charge in [-0.2, -0.15) is 0 Å². The average Bonchev–Trinajstić information content (AvgIpc) is 3.14. The largest absolute Gasteiger partial charge is 0.481 e. The molecule has 1 aliphatic rings. The predicted molar refractivity (Wildman–Crippen MR) is 92.2 cm³/mol. The Bertz CT molecular complexity index is 755. The molecule has 3 rings (SSSR count). The number of carbonyl (C=O) groups is 2. The van der Waals surface area contributed by atoms with E-state index < -0.39 is 5.97 Å². The fourth-order valence-corrected chi connectivity index (χ4v) is 3.33. The summed E-state index contributed by atoms with van der Waals surface area (Å²) >= 11 is 0. The fourth-order valence-electron chi connectivity index (χ4n) is 3.33. The maximum absolute atomic E-state index is 12.8. The van der Waals surface area contributed by atoms with Gasteiger partial charge in [0.2, 0.25) is 0 Å². The minimum absolute atomic E-state index is 0.0315.